The fraction of sp³-hybridized carbons (Fsp3) is 0.417. The second-order valence-corrected chi connectivity index (χ2v) is 4.21. The molecule has 0 aliphatic heterocycles. The van der Waals surface area contributed by atoms with Gasteiger partial charge in [0.15, 0.2) is 0 Å². The van der Waals surface area contributed by atoms with Crippen LogP contribution in [-0.2, 0) is 0 Å². The minimum Gasteiger partial charge on any atom is -0.307 e. The first kappa shape index (κ1) is 9.25. The van der Waals surface area contributed by atoms with Crippen molar-refractivity contribution in [1.82, 2.24) is 9.38 Å². The molecule has 2 heterocycles. The predicted octanol–water partition coefficient (Wildman–Crippen LogP) is 3.07. The fourth-order valence-electron chi connectivity index (χ4n) is 1.88. The van der Waals surface area contributed by atoms with Gasteiger partial charge in [-0.15, -0.1) is 0 Å². The lowest BCUT2D eigenvalue weighted by atomic mass is 10.0. The quantitative estimate of drug-likeness (QED) is 0.672. The smallest absolute Gasteiger partial charge is 0.137 e. The van der Waals surface area contributed by atoms with Crippen molar-refractivity contribution in [3.8, 4) is 0 Å². The molecule has 0 unspecified atom stereocenters. The van der Waals surface area contributed by atoms with Crippen LogP contribution in [0, 0.1) is 13.8 Å². The van der Waals surface area contributed by atoms with Gasteiger partial charge < -0.3 is 4.40 Å². The SMILES string of the molecule is Cc1cn2cc(C(C)C)c(C)cc2n1. The number of aryl methyl sites for hydroxylation is 2. The van der Waals surface area contributed by atoms with E-state index in [9.17, 15) is 0 Å². The van der Waals surface area contributed by atoms with E-state index in [1.807, 2.05) is 6.92 Å². The molecule has 0 aliphatic rings. The van der Waals surface area contributed by atoms with Gasteiger partial charge in [-0.1, -0.05) is 13.8 Å². The molecule has 0 saturated heterocycles. The summed E-state index contributed by atoms with van der Waals surface area (Å²) in [4.78, 5) is 4.44. The molecule has 0 amide bonds. The Balaban J connectivity index is 2.70. The first-order chi connectivity index (χ1) is 6.58. The highest BCUT2D eigenvalue weighted by molar-refractivity contribution is 5.46. The number of hydrogen-bond donors (Lipinski definition) is 0. The van der Waals surface area contributed by atoms with Gasteiger partial charge in [-0.3, -0.25) is 0 Å². The van der Waals surface area contributed by atoms with Crippen molar-refractivity contribution < 1.29 is 0 Å². The van der Waals surface area contributed by atoms with E-state index in [4.69, 9.17) is 0 Å². The lowest BCUT2D eigenvalue weighted by molar-refractivity contribution is 0.843. The molecule has 0 radical (unpaired) electrons. The standard InChI is InChI=1S/C12H16N2/c1-8(2)11-7-14-6-10(4)13-12(14)5-9(11)3/h5-8H,1-4H3. The number of aromatic nitrogens is 2. The Bertz CT molecular complexity index is 466. The summed E-state index contributed by atoms with van der Waals surface area (Å²) in [6, 6.07) is 2.16. The first-order valence-electron chi connectivity index (χ1n) is 5.04. The van der Waals surface area contributed by atoms with E-state index in [0.29, 0.717) is 5.92 Å². The van der Waals surface area contributed by atoms with Crippen LogP contribution in [0.1, 0.15) is 36.6 Å². The van der Waals surface area contributed by atoms with Crippen molar-refractivity contribution in [2.75, 3.05) is 0 Å². The van der Waals surface area contributed by atoms with Crippen LogP contribution >= 0.6 is 0 Å². The average Bonchev–Trinajstić information content (AvgIpc) is 2.42. The summed E-state index contributed by atoms with van der Waals surface area (Å²) in [6.07, 6.45) is 4.26. The second-order valence-electron chi connectivity index (χ2n) is 4.21. The number of pyridine rings is 1. The highest BCUT2D eigenvalue weighted by atomic mass is 15.0. The zero-order chi connectivity index (χ0) is 10.3. The number of nitrogens with zero attached hydrogens (tertiary/aromatic N) is 2. The van der Waals surface area contributed by atoms with Gasteiger partial charge in [0.05, 0.1) is 5.69 Å². The van der Waals surface area contributed by atoms with Crippen molar-refractivity contribution in [3.05, 3.63) is 35.3 Å². The van der Waals surface area contributed by atoms with Gasteiger partial charge in [0.2, 0.25) is 0 Å². The zero-order valence-corrected chi connectivity index (χ0v) is 9.20. The van der Waals surface area contributed by atoms with E-state index in [1.165, 1.54) is 11.1 Å². The van der Waals surface area contributed by atoms with Gasteiger partial charge in [0.1, 0.15) is 5.65 Å². The first-order valence-corrected chi connectivity index (χ1v) is 5.04. The fourth-order valence-corrected chi connectivity index (χ4v) is 1.88. The topological polar surface area (TPSA) is 17.3 Å². The van der Waals surface area contributed by atoms with Crippen LogP contribution < -0.4 is 0 Å². The molecule has 2 heteroatoms. The van der Waals surface area contributed by atoms with Crippen molar-refractivity contribution in [2.45, 2.75) is 33.6 Å². The number of rotatable bonds is 1. The molecule has 0 bridgehead atoms. The maximum atomic E-state index is 4.44. The Labute approximate surface area is 84.6 Å². The molecule has 14 heavy (non-hydrogen) atoms. The van der Waals surface area contributed by atoms with E-state index < -0.39 is 0 Å². The third-order valence-electron chi connectivity index (χ3n) is 2.58. The van der Waals surface area contributed by atoms with Gasteiger partial charge in [0.25, 0.3) is 0 Å². The summed E-state index contributed by atoms with van der Waals surface area (Å²) < 4.78 is 2.11. The molecule has 0 spiro atoms. The van der Waals surface area contributed by atoms with Gasteiger partial charge in [0, 0.05) is 12.4 Å². The lowest BCUT2D eigenvalue weighted by Crippen LogP contribution is -1.95. The van der Waals surface area contributed by atoms with E-state index in [1.54, 1.807) is 0 Å². The van der Waals surface area contributed by atoms with Crippen molar-refractivity contribution >= 4 is 5.65 Å². The minimum atomic E-state index is 0.571. The van der Waals surface area contributed by atoms with E-state index in [-0.39, 0.29) is 0 Å². The summed E-state index contributed by atoms with van der Waals surface area (Å²) in [6.45, 7) is 8.62. The van der Waals surface area contributed by atoms with E-state index >= 15 is 0 Å². The highest BCUT2D eigenvalue weighted by Crippen LogP contribution is 2.20. The Kier molecular flexibility index (Phi) is 2.06. The monoisotopic (exact) mass is 188 g/mol. The molecule has 0 aromatic carbocycles. The van der Waals surface area contributed by atoms with Crippen LogP contribution in [0.15, 0.2) is 18.5 Å². The normalized spacial score (nSPS) is 11.5. The molecule has 2 aromatic rings. The molecule has 2 aromatic heterocycles. The number of imidazole rings is 1. The highest BCUT2D eigenvalue weighted by Gasteiger charge is 2.06. The molecular formula is C12H16N2. The van der Waals surface area contributed by atoms with Gasteiger partial charge in [-0.05, 0) is 37.0 Å². The van der Waals surface area contributed by atoms with Crippen LogP contribution in [0.3, 0.4) is 0 Å². The number of fused-ring (bicyclic) bond motifs is 1. The van der Waals surface area contributed by atoms with Crippen LogP contribution in [0.4, 0.5) is 0 Å². The Morgan fingerprint density at radius 2 is 1.93 bits per heavy atom. The van der Waals surface area contributed by atoms with Gasteiger partial charge >= 0.3 is 0 Å². The maximum Gasteiger partial charge on any atom is 0.137 e. The lowest BCUT2D eigenvalue weighted by Gasteiger charge is -2.09. The number of hydrogen-bond acceptors (Lipinski definition) is 1. The van der Waals surface area contributed by atoms with Gasteiger partial charge in [-0.25, -0.2) is 4.98 Å². The molecule has 0 atom stereocenters. The molecule has 0 N–H and O–H groups in total. The molecule has 74 valence electrons. The third-order valence-corrected chi connectivity index (χ3v) is 2.58. The predicted molar refractivity (Wildman–Crippen MR) is 58.8 cm³/mol. The van der Waals surface area contributed by atoms with E-state index in [2.05, 4.69) is 48.6 Å². The maximum absolute atomic E-state index is 4.44. The summed E-state index contributed by atoms with van der Waals surface area (Å²) in [5.41, 5.74) is 4.85. The van der Waals surface area contributed by atoms with Gasteiger partial charge in [-0.2, -0.15) is 0 Å². The molecule has 2 rings (SSSR count). The molecule has 0 saturated carbocycles. The summed E-state index contributed by atoms with van der Waals surface area (Å²) in [5.74, 6) is 0.571. The second kappa shape index (κ2) is 3.12. The van der Waals surface area contributed by atoms with Crippen LogP contribution in [0.25, 0.3) is 5.65 Å². The van der Waals surface area contributed by atoms with Crippen LogP contribution in [0.5, 0.6) is 0 Å². The largest absolute Gasteiger partial charge is 0.307 e. The molecule has 0 aliphatic carbocycles. The zero-order valence-electron chi connectivity index (χ0n) is 9.20. The van der Waals surface area contributed by atoms with Crippen molar-refractivity contribution in [1.29, 1.82) is 0 Å². The average molecular weight is 188 g/mol. The van der Waals surface area contributed by atoms with Crippen molar-refractivity contribution in [3.63, 3.8) is 0 Å². The summed E-state index contributed by atoms with van der Waals surface area (Å²) in [5, 5.41) is 0. The summed E-state index contributed by atoms with van der Waals surface area (Å²) >= 11 is 0. The molecular weight excluding hydrogens is 172 g/mol. The van der Waals surface area contributed by atoms with Crippen LogP contribution in [-0.4, -0.2) is 9.38 Å². The summed E-state index contributed by atoms with van der Waals surface area (Å²) in [7, 11) is 0. The third kappa shape index (κ3) is 1.41. The van der Waals surface area contributed by atoms with Crippen molar-refractivity contribution in [2.24, 2.45) is 0 Å². The van der Waals surface area contributed by atoms with E-state index in [0.717, 1.165) is 11.3 Å². The minimum absolute atomic E-state index is 0.571. The Morgan fingerprint density at radius 1 is 1.21 bits per heavy atom. The Morgan fingerprint density at radius 3 is 2.57 bits per heavy atom. The Hall–Kier alpha value is -1.31. The van der Waals surface area contributed by atoms with Crippen LogP contribution in [0.2, 0.25) is 0 Å². The molecule has 0 fully saturated rings. The molecule has 2 nitrogen and oxygen atoms in total.